The Kier molecular flexibility index (Phi) is 3.95. The van der Waals surface area contributed by atoms with Gasteiger partial charge in [-0.3, -0.25) is 14.5 Å². The van der Waals surface area contributed by atoms with Crippen LogP contribution >= 0.6 is 12.2 Å². The van der Waals surface area contributed by atoms with Gasteiger partial charge in [0.2, 0.25) is 11.8 Å². The molecule has 1 aromatic carbocycles. The van der Waals surface area contributed by atoms with Crippen LogP contribution in [-0.4, -0.2) is 16.9 Å². The zero-order valence-electron chi connectivity index (χ0n) is 11.0. The molecule has 0 radical (unpaired) electrons. The largest absolute Gasteiger partial charge is 0.302 e. The molecular weight excluding hydrogens is 260 g/mol. The summed E-state index contributed by atoms with van der Waals surface area (Å²) >= 11 is 5.04. The van der Waals surface area contributed by atoms with Gasteiger partial charge in [-0.25, -0.2) is 0 Å². The van der Waals surface area contributed by atoms with Gasteiger partial charge in [-0.1, -0.05) is 26.0 Å². The fraction of sp³-hybridized carbons (Fsp3) is 0.357. The number of carbonyl (C=O) groups is 2. The standard InChI is InChI=1S/C14H16N2O2S/c1-3-9(2)10-4-6-11(7-5-10)16-13(18)8-12(17)15-14(16)19/h4-7,9H,3,8H2,1-2H3,(H,15,17,19)/t9-/m1/s1. The Labute approximate surface area is 117 Å². The van der Waals surface area contributed by atoms with E-state index in [4.69, 9.17) is 12.2 Å². The van der Waals surface area contributed by atoms with Gasteiger partial charge in [0.15, 0.2) is 5.11 Å². The number of amides is 2. The molecule has 2 amide bonds. The molecule has 0 saturated carbocycles. The summed E-state index contributed by atoms with van der Waals surface area (Å²) in [7, 11) is 0. The molecule has 1 N–H and O–H groups in total. The first-order valence-electron chi connectivity index (χ1n) is 6.29. The smallest absolute Gasteiger partial charge is 0.242 e. The van der Waals surface area contributed by atoms with Crippen LogP contribution < -0.4 is 10.2 Å². The zero-order valence-corrected chi connectivity index (χ0v) is 11.8. The van der Waals surface area contributed by atoms with Crippen molar-refractivity contribution in [2.75, 3.05) is 4.90 Å². The lowest BCUT2D eigenvalue weighted by atomic mass is 9.98. The average Bonchev–Trinajstić information content (AvgIpc) is 2.37. The van der Waals surface area contributed by atoms with Crippen molar-refractivity contribution in [1.29, 1.82) is 0 Å². The van der Waals surface area contributed by atoms with Crippen LogP contribution in [0.5, 0.6) is 0 Å². The zero-order chi connectivity index (χ0) is 14.0. The van der Waals surface area contributed by atoms with Crippen LogP contribution in [0, 0.1) is 0 Å². The molecule has 0 spiro atoms. The molecule has 1 saturated heterocycles. The van der Waals surface area contributed by atoms with E-state index in [0.717, 1.165) is 6.42 Å². The van der Waals surface area contributed by atoms with Gasteiger partial charge in [-0.15, -0.1) is 0 Å². The molecule has 1 aromatic rings. The summed E-state index contributed by atoms with van der Waals surface area (Å²) in [6.07, 6.45) is 0.906. The first-order chi connectivity index (χ1) is 9.02. The van der Waals surface area contributed by atoms with Gasteiger partial charge in [-0.2, -0.15) is 0 Å². The first-order valence-corrected chi connectivity index (χ1v) is 6.70. The number of carbonyl (C=O) groups excluding carboxylic acids is 2. The Balaban J connectivity index is 2.24. The second-order valence-electron chi connectivity index (χ2n) is 4.66. The highest BCUT2D eigenvalue weighted by Crippen LogP contribution is 2.23. The topological polar surface area (TPSA) is 49.4 Å². The molecular formula is C14H16N2O2S. The summed E-state index contributed by atoms with van der Waals surface area (Å²) in [6, 6.07) is 7.72. The Bertz CT molecular complexity index is 505. The number of hydrogen-bond donors (Lipinski definition) is 1. The normalized spacial score (nSPS) is 17.4. The van der Waals surface area contributed by atoms with E-state index in [-0.39, 0.29) is 23.3 Å². The van der Waals surface area contributed by atoms with Gasteiger partial charge in [0.1, 0.15) is 6.42 Å². The molecule has 0 aromatic heterocycles. The van der Waals surface area contributed by atoms with Gasteiger partial charge in [0.25, 0.3) is 0 Å². The maximum absolute atomic E-state index is 11.9. The van der Waals surface area contributed by atoms with Crippen molar-refractivity contribution in [2.45, 2.75) is 32.6 Å². The summed E-state index contributed by atoms with van der Waals surface area (Å²) < 4.78 is 0. The van der Waals surface area contributed by atoms with Crippen molar-refractivity contribution in [2.24, 2.45) is 0 Å². The Morgan fingerprint density at radius 2 is 1.95 bits per heavy atom. The maximum atomic E-state index is 11.9. The minimum Gasteiger partial charge on any atom is -0.302 e. The summed E-state index contributed by atoms with van der Waals surface area (Å²) in [5, 5.41) is 2.65. The molecule has 19 heavy (non-hydrogen) atoms. The SMILES string of the molecule is CC[C@@H](C)c1ccc(N2C(=O)CC(=O)NC2=S)cc1. The lowest BCUT2D eigenvalue weighted by Crippen LogP contribution is -2.52. The van der Waals surface area contributed by atoms with Crippen molar-refractivity contribution in [1.82, 2.24) is 5.32 Å². The summed E-state index contributed by atoms with van der Waals surface area (Å²) in [5.41, 5.74) is 1.92. The van der Waals surface area contributed by atoms with Crippen molar-refractivity contribution < 1.29 is 9.59 Å². The van der Waals surface area contributed by atoms with E-state index in [1.54, 1.807) is 0 Å². The van der Waals surface area contributed by atoms with Gasteiger partial charge in [0, 0.05) is 0 Å². The van der Waals surface area contributed by atoms with Gasteiger partial charge >= 0.3 is 0 Å². The summed E-state index contributed by atoms with van der Waals surface area (Å²) in [4.78, 5) is 24.4. The van der Waals surface area contributed by atoms with Gasteiger partial charge < -0.3 is 5.32 Å². The minimum atomic E-state index is -0.345. The highest BCUT2D eigenvalue weighted by atomic mass is 32.1. The quantitative estimate of drug-likeness (QED) is 0.681. The third-order valence-electron chi connectivity index (χ3n) is 3.34. The second-order valence-corrected chi connectivity index (χ2v) is 5.05. The second kappa shape index (κ2) is 5.48. The third kappa shape index (κ3) is 2.81. The number of benzene rings is 1. The van der Waals surface area contributed by atoms with Crippen molar-refractivity contribution in [3.05, 3.63) is 29.8 Å². The van der Waals surface area contributed by atoms with Crippen LogP contribution in [0.1, 0.15) is 38.2 Å². The number of anilines is 1. The van der Waals surface area contributed by atoms with E-state index in [1.165, 1.54) is 10.5 Å². The molecule has 100 valence electrons. The Morgan fingerprint density at radius 1 is 1.32 bits per heavy atom. The molecule has 2 rings (SSSR count). The number of hydrogen-bond acceptors (Lipinski definition) is 3. The summed E-state index contributed by atoms with van der Waals surface area (Å²) in [5.74, 6) is -0.148. The van der Waals surface area contributed by atoms with E-state index in [1.807, 2.05) is 24.3 Å². The highest BCUT2D eigenvalue weighted by molar-refractivity contribution is 7.80. The highest BCUT2D eigenvalue weighted by Gasteiger charge is 2.29. The van der Waals surface area contributed by atoms with Crippen molar-refractivity contribution in [3.8, 4) is 0 Å². The third-order valence-corrected chi connectivity index (χ3v) is 3.63. The van der Waals surface area contributed by atoms with Crippen LogP contribution in [0.15, 0.2) is 24.3 Å². The van der Waals surface area contributed by atoms with Crippen LogP contribution in [0.25, 0.3) is 0 Å². The molecule has 1 aliphatic heterocycles. The van der Waals surface area contributed by atoms with E-state index in [9.17, 15) is 9.59 Å². The van der Waals surface area contributed by atoms with Gasteiger partial charge in [0.05, 0.1) is 5.69 Å². The Hall–Kier alpha value is -1.75. The first kappa shape index (κ1) is 13.7. The lowest BCUT2D eigenvalue weighted by molar-refractivity contribution is -0.127. The van der Waals surface area contributed by atoms with Gasteiger partial charge in [-0.05, 0) is 42.3 Å². The van der Waals surface area contributed by atoms with Crippen molar-refractivity contribution in [3.63, 3.8) is 0 Å². The maximum Gasteiger partial charge on any atom is 0.242 e. The van der Waals surface area contributed by atoms with Crippen molar-refractivity contribution >= 4 is 34.8 Å². The molecule has 0 bridgehead atoms. The number of nitrogens with zero attached hydrogens (tertiary/aromatic N) is 1. The van der Waals surface area contributed by atoms with Crippen LogP contribution in [0.3, 0.4) is 0 Å². The number of nitrogens with one attached hydrogen (secondary N) is 1. The number of rotatable bonds is 3. The molecule has 4 nitrogen and oxygen atoms in total. The minimum absolute atomic E-state index is 0.150. The molecule has 1 fully saturated rings. The average molecular weight is 276 g/mol. The fourth-order valence-electron chi connectivity index (χ4n) is 2.00. The van der Waals surface area contributed by atoms with E-state index >= 15 is 0 Å². The fourth-order valence-corrected chi connectivity index (χ4v) is 2.32. The lowest BCUT2D eigenvalue weighted by Gasteiger charge is -2.27. The van der Waals surface area contributed by atoms with Crippen LogP contribution in [-0.2, 0) is 9.59 Å². The Morgan fingerprint density at radius 3 is 2.47 bits per heavy atom. The predicted octanol–water partition coefficient (Wildman–Crippen LogP) is 2.34. The predicted molar refractivity (Wildman–Crippen MR) is 78.0 cm³/mol. The van der Waals surface area contributed by atoms with E-state index in [0.29, 0.717) is 11.6 Å². The van der Waals surface area contributed by atoms with E-state index < -0.39 is 0 Å². The summed E-state index contributed by atoms with van der Waals surface area (Å²) in [6.45, 7) is 4.29. The van der Waals surface area contributed by atoms with E-state index in [2.05, 4.69) is 19.2 Å². The molecule has 0 aliphatic carbocycles. The molecule has 1 aliphatic rings. The number of thiocarbonyl (C=S) groups is 1. The molecule has 5 heteroatoms. The monoisotopic (exact) mass is 276 g/mol. The van der Waals surface area contributed by atoms with Crippen LogP contribution in [0.2, 0.25) is 0 Å². The molecule has 0 unspecified atom stereocenters. The van der Waals surface area contributed by atoms with Crippen LogP contribution in [0.4, 0.5) is 5.69 Å². The molecule has 1 atom stereocenters. The molecule has 1 heterocycles.